The highest BCUT2D eigenvalue weighted by Crippen LogP contribution is 2.23. The van der Waals surface area contributed by atoms with E-state index in [1.165, 1.54) is 12.0 Å². The van der Waals surface area contributed by atoms with Gasteiger partial charge in [-0.1, -0.05) is 64.4 Å². The lowest BCUT2D eigenvalue weighted by Crippen LogP contribution is -2.28. The molecule has 17 heavy (non-hydrogen) atoms. The fourth-order valence-electron chi connectivity index (χ4n) is 2.07. The van der Waals surface area contributed by atoms with E-state index < -0.39 is 0 Å². The highest BCUT2D eigenvalue weighted by molar-refractivity contribution is 5.20. The molecule has 0 saturated carbocycles. The van der Waals surface area contributed by atoms with Crippen LogP contribution in [0.25, 0.3) is 0 Å². The molecule has 1 aromatic rings. The van der Waals surface area contributed by atoms with Gasteiger partial charge in [-0.15, -0.1) is 0 Å². The number of hydrogen-bond acceptors (Lipinski definition) is 1. The molecule has 0 aliphatic rings. The molecule has 1 rings (SSSR count). The van der Waals surface area contributed by atoms with Crippen LogP contribution in [-0.2, 0) is 0 Å². The first-order valence-electron chi connectivity index (χ1n) is 6.90. The molecular formula is C16H27N. The van der Waals surface area contributed by atoms with E-state index in [9.17, 15) is 0 Å². The molecule has 0 aromatic heterocycles. The molecule has 96 valence electrons. The monoisotopic (exact) mass is 233 g/mol. The van der Waals surface area contributed by atoms with Crippen molar-refractivity contribution in [1.29, 1.82) is 0 Å². The van der Waals surface area contributed by atoms with Gasteiger partial charge in [0.25, 0.3) is 0 Å². The van der Waals surface area contributed by atoms with E-state index in [0.29, 0.717) is 11.8 Å². The van der Waals surface area contributed by atoms with Crippen LogP contribution in [0.4, 0.5) is 0 Å². The third kappa shape index (κ3) is 4.91. The lowest BCUT2D eigenvalue weighted by atomic mass is 9.88. The molecule has 0 amide bonds. The van der Waals surface area contributed by atoms with Gasteiger partial charge in [-0.25, -0.2) is 0 Å². The zero-order valence-corrected chi connectivity index (χ0v) is 11.7. The molecule has 2 atom stereocenters. The topological polar surface area (TPSA) is 12.0 Å². The van der Waals surface area contributed by atoms with E-state index in [2.05, 4.69) is 63.3 Å². The SMILES string of the molecule is CCC(C)CNCC(c1ccccc1)C(C)C. The summed E-state index contributed by atoms with van der Waals surface area (Å²) in [6, 6.07) is 10.9. The Labute approximate surface area is 107 Å². The van der Waals surface area contributed by atoms with Gasteiger partial charge in [0.15, 0.2) is 0 Å². The maximum Gasteiger partial charge on any atom is 0.00227 e. The number of hydrogen-bond donors (Lipinski definition) is 1. The Hall–Kier alpha value is -0.820. The minimum Gasteiger partial charge on any atom is -0.316 e. The standard InChI is InChI=1S/C16H27N/c1-5-14(4)11-17-12-16(13(2)3)15-9-7-6-8-10-15/h6-10,13-14,16-17H,5,11-12H2,1-4H3. The van der Waals surface area contributed by atoms with Gasteiger partial charge in [0.2, 0.25) is 0 Å². The molecule has 0 fully saturated rings. The van der Waals surface area contributed by atoms with Crippen molar-refractivity contribution in [3.63, 3.8) is 0 Å². The summed E-state index contributed by atoms with van der Waals surface area (Å²) in [6.07, 6.45) is 1.25. The minimum absolute atomic E-state index is 0.625. The molecule has 2 unspecified atom stereocenters. The predicted molar refractivity (Wildman–Crippen MR) is 76.3 cm³/mol. The van der Waals surface area contributed by atoms with Crippen LogP contribution in [0.5, 0.6) is 0 Å². The highest BCUT2D eigenvalue weighted by Gasteiger charge is 2.15. The van der Waals surface area contributed by atoms with Crippen molar-refractivity contribution >= 4 is 0 Å². The third-order valence-electron chi connectivity index (χ3n) is 3.59. The Bertz CT molecular complexity index is 292. The quantitative estimate of drug-likeness (QED) is 0.749. The molecule has 0 aliphatic heterocycles. The van der Waals surface area contributed by atoms with Gasteiger partial charge in [0.05, 0.1) is 0 Å². The van der Waals surface area contributed by atoms with Crippen molar-refractivity contribution < 1.29 is 0 Å². The van der Waals surface area contributed by atoms with Gasteiger partial charge in [-0.2, -0.15) is 0 Å². The van der Waals surface area contributed by atoms with Crippen molar-refractivity contribution in [2.75, 3.05) is 13.1 Å². The summed E-state index contributed by atoms with van der Waals surface area (Å²) in [5.74, 6) is 2.08. The number of rotatable bonds is 7. The molecule has 1 heteroatoms. The van der Waals surface area contributed by atoms with Gasteiger partial charge in [-0.3, -0.25) is 0 Å². The van der Waals surface area contributed by atoms with Crippen LogP contribution in [0, 0.1) is 11.8 Å². The summed E-state index contributed by atoms with van der Waals surface area (Å²) in [5.41, 5.74) is 1.46. The first-order valence-corrected chi connectivity index (χ1v) is 6.90. The van der Waals surface area contributed by atoms with Crippen LogP contribution in [0.2, 0.25) is 0 Å². The summed E-state index contributed by atoms with van der Waals surface area (Å²) >= 11 is 0. The first-order chi connectivity index (χ1) is 8.15. The van der Waals surface area contributed by atoms with E-state index in [1.54, 1.807) is 0 Å². The maximum absolute atomic E-state index is 3.62. The lowest BCUT2D eigenvalue weighted by Gasteiger charge is -2.23. The summed E-state index contributed by atoms with van der Waals surface area (Å²) in [4.78, 5) is 0. The van der Waals surface area contributed by atoms with Crippen LogP contribution in [0.1, 0.15) is 45.6 Å². The Morgan fingerprint density at radius 1 is 1.00 bits per heavy atom. The van der Waals surface area contributed by atoms with E-state index in [0.717, 1.165) is 19.0 Å². The normalized spacial score (nSPS) is 14.9. The molecule has 0 bridgehead atoms. The van der Waals surface area contributed by atoms with Gasteiger partial charge >= 0.3 is 0 Å². The average Bonchev–Trinajstić information content (AvgIpc) is 2.34. The molecule has 0 aliphatic carbocycles. The van der Waals surface area contributed by atoms with Gasteiger partial charge in [0.1, 0.15) is 0 Å². The Kier molecular flexibility index (Phi) is 6.28. The largest absolute Gasteiger partial charge is 0.316 e. The van der Waals surface area contributed by atoms with Crippen LogP contribution >= 0.6 is 0 Å². The average molecular weight is 233 g/mol. The summed E-state index contributed by atoms with van der Waals surface area (Å²) in [6.45, 7) is 11.4. The van der Waals surface area contributed by atoms with Crippen molar-refractivity contribution in [1.82, 2.24) is 5.32 Å². The van der Waals surface area contributed by atoms with Gasteiger partial charge in [0, 0.05) is 6.54 Å². The van der Waals surface area contributed by atoms with Crippen LogP contribution in [-0.4, -0.2) is 13.1 Å². The fourth-order valence-corrected chi connectivity index (χ4v) is 2.07. The van der Waals surface area contributed by atoms with Crippen molar-refractivity contribution in [3.8, 4) is 0 Å². The smallest absolute Gasteiger partial charge is 0.00227 e. The van der Waals surface area contributed by atoms with Crippen molar-refractivity contribution in [2.24, 2.45) is 11.8 Å². The second-order valence-electron chi connectivity index (χ2n) is 5.43. The summed E-state index contributed by atoms with van der Waals surface area (Å²) < 4.78 is 0. The molecule has 0 spiro atoms. The Morgan fingerprint density at radius 2 is 1.65 bits per heavy atom. The number of nitrogens with one attached hydrogen (secondary N) is 1. The zero-order chi connectivity index (χ0) is 12.7. The van der Waals surface area contributed by atoms with Crippen LogP contribution in [0.3, 0.4) is 0 Å². The lowest BCUT2D eigenvalue weighted by molar-refractivity contribution is 0.428. The fraction of sp³-hybridized carbons (Fsp3) is 0.625. The molecule has 1 nitrogen and oxygen atoms in total. The Morgan fingerprint density at radius 3 is 2.18 bits per heavy atom. The molecule has 0 saturated heterocycles. The van der Waals surface area contributed by atoms with Crippen molar-refractivity contribution in [2.45, 2.75) is 40.0 Å². The summed E-state index contributed by atoms with van der Waals surface area (Å²) in [5, 5.41) is 3.62. The second-order valence-corrected chi connectivity index (χ2v) is 5.43. The van der Waals surface area contributed by atoms with E-state index in [4.69, 9.17) is 0 Å². The van der Waals surface area contributed by atoms with Gasteiger partial charge in [-0.05, 0) is 29.9 Å². The molecule has 0 radical (unpaired) electrons. The maximum atomic E-state index is 3.62. The van der Waals surface area contributed by atoms with Crippen LogP contribution in [0.15, 0.2) is 30.3 Å². The molecule has 1 aromatic carbocycles. The molecule has 1 N–H and O–H groups in total. The summed E-state index contributed by atoms with van der Waals surface area (Å²) in [7, 11) is 0. The minimum atomic E-state index is 0.625. The van der Waals surface area contributed by atoms with E-state index in [1.807, 2.05) is 0 Å². The van der Waals surface area contributed by atoms with Gasteiger partial charge < -0.3 is 5.32 Å². The van der Waals surface area contributed by atoms with E-state index in [-0.39, 0.29) is 0 Å². The Balaban J connectivity index is 2.50. The molecular weight excluding hydrogens is 206 g/mol. The highest BCUT2D eigenvalue weighted by atomic mass is 14.9. The molecule has 0 heterocycles. The van der Waals surface area contributed by atoms with Crippen molar-refractivity contribution in [3.05, 3.63) is 35.9 Å². The second kappa shape index (κ2) is 7.50. The van der Waals surface area contributed by atoms with Crippen LogP contribution < -0.4 is 5.32 Å². The van der Waals surface area contributed by atoms with E-state index >= 15 is 0 Å². The number of benzene rings is 1. The predicted octanol–water partition coefficient (Wildman–Crippen LogP) is 4.06. The zero-order valence-electron chi connectivity index (χ0n) is 11.7. The first kappa shape index (κ1) is 14.2. The third-order valence-corrected chi connectivity index (χ3v) is 3.59.